The number of pyridine rings is 1. The first-order valence-corrected chi connectivity index (χ1v) is 15.5. The molecule has 0 saturated carbocycles. The molecule has 1 N–H and O–H groups in total. The van der Waals surface area contributed by atoms with Crippen molar-refractivity contribution in [3.63, 3.8) is 0 Å². The summed E-state index contributed by atoms with van der Waals surface area (Å²) in [7, 11) is 0. The molecule has 8 heteroatoms. The normalized spacial score (nSPS) is 12.1. The largest absolute Gasteiger partial charge is 0.492 e. The molecule has 7 nitrogen and oxygen atoms in total. The summed E-state index contributed by atoms with van der Waals surface area (Å²) >= 11 is 1.59. The Hall–Kier alpha value is -2.79. The Balaban J connectivity index is 2.85. The predicted molar refractivity (Wildman–Crippen MR) is 166 cm³/mol. The van der Waals surface area contributed by atoms with E-state index in [1.165, 1.54) is 4.68 Å². The van der Waals surface area contributed by atoms with Crippen LogP contribution < -0.4 is 25.9 Å². The summed E-state index contributed by atoms with van der Waals surface area (Å²) in [6.07, 6.45) is 9.92. The number of unbranched alkanes of at least 4 members (excludes halogenated alkanes) is 4. The zero-order valence-electron chi connectivity index (χ0n) is 25.3. The average Bonchev–Trinajstić information content (AvgIpc) is 3.32. The summed E-state index contributed by atoms with van der Waals surface area (Å²) in [6, 6.07) is 2.10. The summed E-state index contributed by atoms with van der Waals surface area (Å²) in [5.74, 6) is -0.330. The molecule has 0 aliphatic rings. The van der Waals surface area contributed by atoms with Crippen LogP contribution >= 0.6 is 11.3 Å². The average molecular weight is 556 g/mol. The second-order valence-electron chi connectivity index (χ2n) is 11.3. The van der Waals surface area contributed by atoms with Gasteiger partial charge in [-0.2, -0.15) is 9.94 Å². The van der Waals surface area contributed by atoms with Crippen LogP contribution in [0.1, 0.15) is 116 Å². The maximum Gasteiger partial charge on any atom is 0.280 e. The van der Waals surface area contributed by atoms with Crippen molar-refractivity contribution in [3.05, 3.63) is 36.9 Å². The van der Waals surface area contributed by atoms with Crippen LogP contribution in [0.3, 0.4) is 0 Å². The van der Waals surface area contributed by atoms with Crippen LogP contribution in [0.25, 0.3) is 12.7 Å². The van der Waals surface area contributed by atoms with Gasteiger partial charge in [-0.15, -0.1) is 0 Å². The van der Waals surface area contributed by atoms with E-state index in [1.54, 1.807) is 11.3 Å². The van der Waals surface area contributed by atoms with Gasteiger partial charge in [0, 0.05) is 36.8 Å². The van der Waals surface area contributed by atoms with Crippen LogP contribution in [0, 0.1) is 11.3 Å². The molecule has 0 aromatic carbocycles. The van der Waals surface area contributed by atoms with Gasteiger partial charge in [0.05, 0.1) is 15.8 Å². The highest BCUT2D eigenvalue weighted by Gasteiger charge is 2.25. The van der Waals surface area contributed by atoms with E-state index in [2.05, 4.69) is 66.0 Å². The lowest BCUT2D eigenvalue weighted by atomic mass is 9.91. The van der Waals surface area contributed by atoms with Crippen LogP contribution in [-0.2, 0) is 5.41 Å². The van der Waals surface area contributed by atoms with Crippen LogP contribution in [0.15, 0.2) is 4.79 Å². The highest BCUT2D eigenvalue weighted by molar-refractivity contribution is 7.16. The maximum atomic E-state index is 14.0. The molecule has 0 spiro atoms. The standard InChI is InChI=1S/C31H49N5O2S/c1-9-13-17-34(18-14-10-2)30-33-27(31(6,7)8)26(39-30)21-24-23(5)25(22-32)29(38)36(28(24)37)35(19-15-11-3)20-16-12-4/h21,38H,5,9-20H2,1-4,6-8H3/b24-21-. The van der Waals surface area contributed by atoms with Gasteiger partial charge in [-0.05, 0) is 31.8 Å². The lowest BCUT2D eigenvalue weighted by Gasteiger charge is -2.27. The zero-order valence-corrected chi connectivity index (χ0v) is 26.1. The summed E-state index contributed by atoms with van der Waals surface area (Å²) in [5.41, 5.74) is 0.359. The van der Waals surface area contributed by atoms with Crippen molar-refractivity contribution in [2.45, 2.75) is 105 Å². The minimum absolute atomic E-state index is 0.0356. The Morgan fingerprint density at radius 2 is 1.51 bits per heavy atom. The van der Waals surface area contributed by atoms with E-state index >= 15 is 0 Å². The summed E-state index contributed by atoms with van der Waals surface area (Å²) in [4.78, 5) is 22.3. The van der Waals surface area contributed by atoms with Gasteiger partial charge < -0.3 is 15.0 Å². The van der Waals surface area contributed by atoms with Crippen molar-refractivity contribution in [2.75, 3.05) is 36.1 Å². The molecule has 2 rings (SSSR count). The number of hydrogen-bond donors (Lipinski definition) is 1. The topological polar surface area (TPSA) is 85.4 Å². The molecular weight excluding hydrogens is 506 g/mol. The van der Waals surface area contributed by atoms with E-state index < -0.39 is 0 Å². The molecule has 2 aromatic rings. The van der Waals surface area contributed by atoms with Gasteiger partial charge in [0.25, 0.3) is 5.56 Å². The van der Waals surface area contributed by atoms with Crippen molar-refractivity contribution in [1.82, 2.24) is 9.66 Å². The Morgan fingerprint density at radius 1 is 1.00 bits per heavy atom. The van der Waals surface area contributed by atoms with Crippen molar-refractivity contribution in [3.8, 4) is 11.9 Å². The van der Waals surface area contributed by atoms with Gasteiger partial charge in [-0.3, -0.25) is 4.79 Å². The minimum Gasteiger partial charge on any atom is -0.492 e. The Morgan fingerprint density at radius 3 is 1.97 bits per heavy atom. The van der Waals surface area contributed by atoms with Gasteiger partial charge in [0.15, 0.2) is 5.13 Å². The predicted octanol–water partition coefficient (Wildman–Crippen LogP) is 5.36. The van der Waals surface area contributed by atoms with Crippen molar-refractivity contribution >= 4 is 29.1 Å². The van der Waals surface area contributed by atoms with Crippen molar-refractivity contribution in [2.24, 2.45) is 0 Å². The minimum atomic E-state index is -0.354. The molecular formula is C31H49N5O2S. The first-order chi connectivity index (χ1) is 18.5. The zero-order chi connectivity index (χ0) is 29.2. The van der Waals surface area contributed by atoms with Crippen LogP contribution in [0.5, 0.6) is 5.88 Å². The lowest BCUT2D eigenvalue weighted by Crippen LogP contribution is -2.53. The maximum absolute atomic E-state index is 14.0. The summed E-state index contributed by atoms with van der Waals surface area (Å²) in [6.45, 7) is 22.2. The fourth-order valence-electron chi connectivity index (χ4n) is 4.46. The highest BCUT2D eigenvalue weighted by atomic mass is 32.1. The third-order valence-corrected chi connectivity index (χ3v) is 7.93. The monoisotopic (exact) mass is 555 g/mol. The van der Waals surface area contributed by atoms with Gasteiger partial charge in [0.1, 0.15) is 11.6 Å². The second-order valence-corrected chi connectivity index (χ2v) is 12.3. The van der Waals surface area contributed by atoms with Gasteiger partial charge in [-0.1, -0.05) is 92.1 Å². The van der Waals surface area contributed by atoms with E-state index in [0.29, 0.717) is 18.3 Å². The number of nitriles is 1. The van der Waals surface area contributed by atoms with Gasteiger partial charge >= 0.3 is 0 Å². The highest BCUT2D eigenvalue weighted by Crippen LogP contribution is 2.34. The first kappa shape index (κ1) is 32.4. The molecule has 0 fully saturated rings. The number of anilines is 1. The molecule has 0 radical (unpaired) electrons. The summed E-state index contributed by atoms with van der Waals surface area (Å²) in [5, 5.41) is 24.4. The van der Waals surface area contributed by atoms with Gasteiger partial charge in [-0.25, -0.2) is 4.98 Å². The molecule has 0 saturated heterocycles. The Kier molecular flexibility index (Phi) is 12.6. The first-order valence-electron chi connectivity index (χ1n) is 14.7. The van der Waals surface area contributed by atoms with Crippen LogP contribution in [-0.4, -0.2) is 40.9 Å². The number of nitrogens with zero attached hydrogens (tertiary/aromatic N) is 5. The smallest absolute Gasteiger partial charge is 0.280 e. The molecule has 0 unspecified atom stereocenters. The molecule has 0 bridgehead atoms. The molecule has 0 aliphatic heterocycles. The van der Waals surface area contributed by atoms with E-state index in [-0.39, 0.29) is 27.6 Å². The van der Waals surface area contributed by atoms with E-state index in [1.807, 2.05) is 11.1 Å². The quantitative estimate of drug-likeness (QED) is 0.318. The molecule has 0 atom stereocenters. The molecule has 0 amide bonds. The Labute approximate surface area is 239 Å². The number of aromatic hydroxyl groups is 1. The molecule has 39 heavy (non-hydrogen) atoms. The number of rotatable bonds is 15. The van der Waals surface area contributed by atoms with Crippen molar-refractivity contribution < 1.29 is 5.11 Å². The summed E-state index contributed by atoms with van der Waals surface area (Å²) < 4.78 is 1.30. The number of hydrogen-bond acceptors (Lipinski definition) is 7. The van der Waals surface area contributed by atoms with Crippen LogP contribution in [0.4, 0.5) is 5.13 Å². The molecule has 216 valence electrons. The number of thiazole rings is 1. The van der Waals surface area contributed by atoms with E-state index in [4.69, 9.17) is 4.98 Å². The number of aromatic nitrogens is 2. The third kappa shape index (κ3) is 8.11. The fraction of sp³-hybridized carbons (Fsp3) is 0.645. The second kappa shape index (κ2) is 15.1. The van der Waals surface area contributed by atoms with Crippen LogP contribution in [0.2, 0.25) is 0 Å². The molecule has 2 heterocycles. The van der Waals surface area contributed by atoms with E-state index in [9.17, 15) is 15.2 Å². The molecule has 0 aliphatic carbocycles. The van der Waals surface area contributed by atoms with E-state index in [0.717, 1.165) is 80.2 Å². The third-order valence-electron chi connectivity index (χ3n) is 6.87. The van der Waals surface area contributed by atoms with Gasteiger partial charge in [0.2, 0.25) is 5.88 Å². The lowest BCUT2D eigenvalue weighted by molar-refractivity contribution is 0.385. The molecule has 2 aromatic heterocycles. The fourth-order valence-corrected chi connectivity index (χ4v) is 5.73. The van der Waals surface area contributed by atoms with Crippen molar-refractivity contribution in [1.29, 1.82) is 5.26 Å². The Bertz CT molecular complexity index is 1270. The SMILES string of the molecule is C=c1c(C#N)c(O)n(N(CCCC)CCCC)c(=O)/c1=C\c1sc(N(CCCC)CCCC)nc1C(C)(C)C.